The number of carbonyl (C=O) groups is 1. The van der Waals surface area contributed by atoms with E-state index in [-0.39, 0.29) is 12.4 Å². The van der Waals surface area contributed by atoms with Crippen LogP contribution in [0, 0.1) is 12.7 Å². The topological polar surface area (TPSA) is 66.5 Å². The fraction of sp³-hybridized carbons (Fsp3) is 0.316. The van der Waals surface area contributed by atoms with Gasteiger partial charge in [0.15, 0.2) is 0 Å². The number of sulfonamides is 1. The van der Waals surface area contributed by atoms with E-state index in [9.17, 15) is 17.6 Å². The average molecular weight is 378 g/mol. The van der Waals surface area contributed by atoms with Gasteiger partial charge in [-0.15, -0.1) is 0 Å². The van der Waals surface area contributed by atoms with Gasteiger partial charge in [0, 0.05) is 6.54 Å². The van der Waals surface area contributed by atoms with E-state index in [1.54, 1.807) is 43.3 Å². The number of anilines is 1. The zero-order chi connectivity index (χ0) is 19.3. The van der Waals surface area contributed by atoms with Crippen molar-refractivity contribution in [3.63, 3.8) is 0 Å². The Balaban J connectivity index is 2.23. The lowest BCUT2D eigenvalue weighted by atomic mass is 10.1. The first-order valence-electron chi connectivity index (χ1n) is 8.30. The van der Waals surface area contributed by atoms with Crippen LogP contribution in [0.4, 0.5) is 10.1 Å². The summed E-state index contributed by atoms with van der Waals surface area (Å²) in [6.45, 7) is 3.77. The Hall–Kier alpha value is -2.41. The third-order valence-corrected chi connectivity index (χ3v) is 5.15. The number of carbonyl (C=O) groups excluding carboxylic acids is 1. The van der Waals surface area contributed by atoms with Crippen molar-refractivity contribution < 1.29 is 17.6 Å². The maximum Gasteiger partial charge on any atom is 0.244 e. The molecule has 5 nitrogen and oxygen atoms in total. The normalized spacial score (nSPS) is 12.5. The van der Waals surface area contributed by atoms with Gasteiger partial charge in [0.05, 0.1) is 11.9 Å². The lowest BCUT2D eigenvalue weighted by Crippen LogP contribution is -2.49. The highest BCUT2D eigenvalue weighted by Crippen LogP contribution is 2.23. The minimum Gasteiger partial charge on any atom is -0.350 e. The zero-order valence-corrected chi connectivity index (χ0v) is 15.9. The Bertz CT molecular complexity index is 867. The lowest BCUT2D eigenvalue weighted by Gasteiger charge is -2.30. The van der Waals surface area contributed by atoms with Crippen molar-refractivity contribution >= 4 is 21.6 Å². The van der Waals surface area contributed by atoms with E-state index in [4.69, 9.17) is 0 Å². The van der Waals surface area contributed by atoms with Gasteiger partial charge in [0.1, 0.15) is 11.9 Å². The second-order valence-electron chi connectivity index (χ2n) is 6.17. The summed E-state index contributed by atoms with van der Waals surface area (Å²) in [5.41, 5.74) is 2.03. The van der Waals surface area contributed by atoms with Gasteiger partial charge in [-0.2, -0.15) is 0 Å². The molecule has 2 aromatic rings. The summed E-state index contributed by atoms with van der Waals surface area (Å²) in [5.74, 6) is -0.816. The van der Waals surface area contributed by atoms with Crippen molar-refractivity contribution in [1.82, 2.24) is 5.32 Å². The molecule has 0 spiro atoms. The highest BCUT2D eigenvalue weighted by atomic mass is 32.2. The van der Waals surface area contributed by atoms with Crippen LogP contribution in [-0.2, 0) is 21.4 Å². The maximum atomic E-state index is 13.3. The molecule has 0 aliphatic carbocycles. The van der Waals surface area contributed by atoms with Crippen LogP contribution in [0.2, 0.25) is 0 Å². The second kappa shape index (κ2) is 8.31. The van der Waals surface area contributed by atoms with Crippen LogP contribution >= 0.6 is 0 Å². The largest absolute Gasteiger partial charge is 0.350 e. The first-order chi connectivity index (χ1) is 12.2. The standard InChI is InChI=1S/C19H23FN2O3S/c1-4-18(19(23)21-13-15-6-5-7-16(20)12-15)22(26(3,24)25)17-10-8-14(2)9-11-17/h5-12,18H,4,13H2,1-3H3,(H,21,23). The number of hydrogen-bond donors (Lipinski definition) is 1. The number of hydrogen-bond acceptors (Lipinski definition) is 3. The molecule has 0 saturated heterocycles. The van der Waals surface area contributed by atoms with E-state index in [2.05, 4.69) is 5.32 Å². The number of nitrogens with zero attached hydrogens (tertiary/aromatic N) is 1. The third-order valence-electron chi connectivity index (χ3n) is 3.97. The summed E-state index contributed by atoms with van der Waals surface area (Å²) < 4.78 is 39.1. The zero-order valence-electron chi connectivity index (χ0n) is 15.1. The van der Waals surface area contributed by atoms with Crippen LogP contribution in [0.3, 0.4) is 0 Å². The molecular formula is C19H23FN2O3S. The van der Waals surface area contributed by atoms with Gasteiger partial charge in [-0.1, -0.05) is 36.8 Å². The van der Waals surface area contributed by atoms with Crippen LogP contribution in [0.1, 0.15) is 24.5 Å². The number of nitrogens with one attached hydrogen (secondary N) is 1. The molecule has 0 fully saturated rings. The average Bonchev–Trinajstić information content (AvgIpc) is 2.57. The van der Waals surface area contributed by atoms with E-state index in [1.165, 1.54) is 12.1 Å². The van der Waals surface area contributed by atoms with Gasteiger partial charge in [-0.05, 0) is 43.2 Å². The van der Waals surface area contributed by atoms with Crippen LogP contribution in [-0.4, -0.2) is 26.6 Å². The molecule has 1 N–H and O–H groups in total. The molecule has 0 aromatic heterocycles. The van der Waals surface area contributed by atoms with Crippen molar-refractivity contribution in [3.8, 4) is 0 Å². The Morgan fingerprint density at radius 3 is 2.38 bits per heavy atom. The Morgan fingerprint density at radius 1 is 1.19 bits per heavy atom. The number of benzene rings is 2. The Labute approximate surface area is 153 Å². The fourth-order valence-corrected chi connectivity index (χ4v) is 3.92. The molecule has 0 aliphatic rings. The summed E-state index contributed by atoms with van der Waals surface area (Å²) in [7, 11) is -3.66. The Kier molecular flexibility index (Phi) is 6.37. The molecule has 7 heteroatoms. The van der Waals surface area contributed by atoms with Crippen LogP contribution in [0.5, 0.6) is 0 Å². The lowest BCUT2D eigenvalue weighted by molar-refractivity contribution is -0.122. The number of rotatable bonds is 7. The molecule has 1 amide bonds. The summed E-state index contributed by atoms with van der Waals surface area (Å²) in [6.07, 6.45) is 1.38. The molecule has 26 heavy (non-hydrogen) atoms. The van der Waals surface area contributed by atoms with Gasteiger partial charge in [-0.3, -0.25) is 9.10 Å². The van der Waals surface area contributed by atoms with Gasteiger partial charge < -0.3 is 5.32 Å². The predicted molar refractivity (Wildman–Crippen MR) is 101 cm³/mol. The van der Waals surface area contributed by atoms with Crippen molar-refractivity contribution in [2.45, 2.75) is 32.9 Å². The maximum absolute atomic E-state index is 13.3. The second-order valence-corrected chi connectivity index (χ2v) is 8.03. The van der Waals surface area contributed by atoms with E-state index in [0.717, 1.165) is 16.1 Å². The first-order valence-corrected chi connectivity index (χ1v) is 10.2. The quantitative estimate of drug-likeness (QED) is 0.805. The molecule has 2 rings (SSSR count). The first kappa shape index (κ1) is 19.9. The molecule has 0 heterocycles. The number of amides is 1. The third kappa shape index (κ3) is 5.05. The fourth-order valence-electron chi connectivity index (χ4n) is 2.71. The van der Waals surface area contributed by atoms with E-state index in [1.807, 2.05) is 6.92 Å². The van der Waals surface area contributed by atoms with Gasteiger partial charge in [-0.25, -0.2) is 12.8 Å². The molecule has 140 valence electrons. The van der Waals surface area contributed by atoms with E-state index in [0.29, 0.717) is 17.7 Å². The molecule has 0 radical (unpaired) electrons. The van der Waals surface area contributed by atoms with Gasteiger partial charge >= 0.3 is 0 Å². The highest BCUT2D eigenvalue weighted by Gasteiger charge is 2.31. The summed E-state index contributed by atoms with van der Waals surface area (Å²) >= 11 is 0. The predicted octanol–water partition coefficient (Wildman–Crippen LogP) is 3.00. The molecule has 1 atom stereocenters. The molecule has 0 bridgehead atoms. The van der Waals surface area contributed by atoms with Crippen molar-refractivity contribution in [2.75, 3.05) is 10.6 Å². The monoisotopic (exact) mass is 378 g/mol. The van der Waals surface area contributed by atoms with Crippen LogP contribution in [0.25, 0.3) is 0 Å². The van der Waals surface area contributed by atoms with E-state index < -0.39 is 22.0 Å². The summed E-state index contributed by atoms with van der Waals surface area (Å²) in [6, 6.07) is 12.0. The molecule has 0 aliphatic heterocycles. The molecule has 2 aromatic carbocycles. The highest BCUT2D eigenvalue weighted by molar-refractivity contribution is 7.92. The van der Waals surface area contributed by atoms with Gasteiger partial charge in [0.25, 0.3) is 0 Å². The number of aryl methyl sites for hydroxylation is 1. The molecule has 1 unspecified atom stereocenters. The summed E-state index contributed by atoms with van der Waals surface area (Å²) in [4.78, 5) is 12.6. The minimum absolute atomic E-state index is 0.124. The van der Waals surface area contributed by atoms with Gasteiger partial charge in [0.2, 0.25) is 15.9 Å². The number of halogens is 1. The van der Waals surface area contributed by atoms with Crippen molar-refractivity contribution in [2.24, 2.45) is 0 Å². The van der Waals surface area contributed by atoms with Crippen molar-refractivity contribution in [1.29, 1.82) is 0 Å². The van der Waals surface area contributed by atoms with Crippen LogP contribution < -0.4 is 9.62 Å². The Morgan fingerprint density at radius 2 is 1.85 bits per heavy atom. The SMILES string of the molecule is CCC(C(=O)NCc1cccc(F)c1)N(c1ccc(C)cc1)S(C)(=O)=O. The van der Waals surface area contributed by atoms with Crippen molar-refractivity contribution in [3.05, 3.63) is 65.5 Å². The van der Waals surface area contributed by atoms with Crippen LogP contribution in [0.15, 0.2) is 48.5 Å². The summed E-state index contributed by atoms with van der Waals surface area (Å²) in [5, 5.41) is 2.70. The minimum atomic E-state index is -3.66. The molecular weight excluding hydrogens is 355 g/mol. The molecule has 0 saturated carbocycles. The van der Waals surface area contributed by atoms with E-state index >= 15 is 0 Å². The smallest absolute Gasteiger partial charge is 0.244 e.